The fraction of sp³-hybridized carbons (Fsp3) is 0.0556. The minimum atomic E-state index is -0.952. The van der Waals surface area contributed by atoms with Crippen LogP contribution in [0.15, 0.2) is 54.6 Å². The number of carboxylic acid groups (broad SMARTS) is 1. The van der Waals surface area contributed by atoms with Crippen molar-refractivity contribution in [2.75, 3.05) is 5.32 Å². The summed E-state index contributed by atoms with van der Waals surface area (Å²) in [5, 5.41) is 13.7. The molecule has 3 aromatic rings. The molecule has 2 aromatic carbocycles. The SMILES string of the molecule is O=C(O)c1sc(-c2ccccc2)cc1NCc1ccc(Cl)cc1Cl. The molecule has 0 spiro atoms. The number of aromatic carboxylic acids is 1. The lowest BCUT2D eigenvalue weighted by Crippen LogP contribution is -2.03. The van der Waals surface area contributed by atoms with E-state index in [0.717, 1.165) is 16.0 Å². The molecule has 0 aliphatic carbocycles. The average Bonchev–Trinajstić information content (AvgIpc) is 2.99. The highest BCUT2D eigenvalue weighted by Gasteiger charge is 2.16. The molecule has 0 unspecified atom stereocenters. The summed E-state index contributed by atoms with van der Waals surface area (Å²) < 4.78 is 0. The summed E-state index contributed by atoms with van der Waals surface area (Å²) in [6, 6.07) is 16.8. The van der Waals surface area contributed by atoms with Crippen molar-refractivity contribution in [1.29, 1.82) is 0 Å². The number of nitrogens with one attached hydrogen (secondary N) is 1. The first-order chi connectivity index (χ1) is 11.5. The largest absolute Gasteiger partial charge is 0.477 e. The van der Waals surface area contributed by atoms with E-state index >= 15 is 0 Å². The molecule has 0 radical (unpaired) electrons. The van der Waals surface area contributed by atoms with E-state index in [1.807, 2.05) is 42.5 Å². The van der Waals surface area contributed by atoms with E-state index in [0.29, 0.717) is 22.3 Å². The maximum Gasteiger partial charge on any atom is 0.348 e. The Labute approximate surface area is 153 Å². The molecule has 3 rings (SSSR count). The average molecular weight is 378 g/mol. The number of rotatable bonds is 5. The Morgan fingerprint density at radius 1 is 1.08 bits per heavy atom. The fourth-order valence-corrected chi connectivity index (χ4v) is 3.74. The van der Waals surface area contributed by atoms with Gasteiger partial charge in [-0.25, -0.2) is 4.79 Å². The lowest BCUT2D eigenvalue weighted by molar-refractivity contribution is 0.0703. The lowest BCUT2D eigenvalue weighted by Gasteiger charge is -2.08. The van der Waals surface area contributed by atoms with Gasteiger partial charge < -0.3 is 10.4 Å². The predicted octanol–water partition coefficient (Wildman–Crippen LogP) is 6.03. The van der Waals surface area contributed by atoms with Gasteiger partial charge in [-0.15, -0.1) is 11.3 Å². The third-order valence-electron chi connectivity index (χ3n) is 3.47. The van der Waals surface area contributed by atoms with Crippen molar-refractivity contribution in [3.63, 3.8) is 0 Å². The number of hydrogen-bond donors (Lipinski definition) is 2. The van der Waals surface area contributed by atoms with E-state index in [9.17, 15) is 9.90 Å². The number of halogens is 2. The second kappa shape index (κ2) is 7.26. The van der Waals surface area contributed by atoms with Crippen molar-refractivity contribution in [1.82, 2.24) is 0 Å². The highest BCUT2D eigenvalue weighted by atomic mass is 35.5. The predicted molar refractivity (Wildman–Crippen MR) is 101 cm³/mol. The Balaban J connectivity index is 1.87. The number of benzene rings is 2. The number of carbonyl (C=O) groups is 1. The first-order valence-corrected chi connectivity index (χ1v) is 8.72. The van der Waals surface area contributed by atoms with Crippen LogP contribution in [0.3, 0.4) is 0 Å². The third kappa shape index (κ3) is 3.73. The van der Waals surface area contributed by atoms with E-state index in [-0.39, 0.29) is 4.88 Å². The molecule has 122 valence electrons. The summed E-state index contributed by atoms with van der Waals surface area (Å²) in [7, 11) is 0. The number of thiophene rings is 1. The molecule has 0 atom stereocenters. The van der Waals surface area contributed by atoms with Crippen molar-refractivity contribution < 1.29 is 9.90 Å². The van der Waals surface area contributed by atoms with E-state index in [1.54, 1.807) is 12.1 Å². The highest BCUT2D eigenvalue weighted by molar-refractivity contribution is 7.18. The molecule has 3 nitrogen and oxygen atoms in total. The molecule has 0 aliphatic heterocycles. The Morgan fingerprint density at radius 3 is 2.50 bits per heavy atom. The van der Waals surface area contributed by atoms with Crippen LogP contribution in [0.4, 0.5) is 5.69 Å². The minimum Gasteiger partial charge on any atom is -0.477 e. The molecule has 0 aliphatic rings. The van der Waals surface area contributed by atoms with Crippen LogP contribution >= 0.6 is 34.5 Å². The molecule has 0 amide bonds. The monoisotopic (exact) mass is 377 g/mol. The van der Waals surface area contributed by atoms with Crippen LogP contribution in [0.2, 0.25) is 10.0 Å². The maximum absolute atomic E-state index is 11.5. The number of hydrogen-bond acceptors (Lipinski definition) is 3. The van der Waals surface area contributed by atoms with Gasteiger partial charge in [0.15, 0.2) is 0 Å². The molecule has 6 heteroatoms. The molecule has 1 heterocycles. The molecule has 0 saturated carbocycles. The van der Waals surface area contributed by atoms with Gasteiger partial charge in [0.1, 0.15) is 4.88 Å². The van der Waals surface area contributed by atoms with Gasteiger partial charge in [-0.2, -0.15) is 0 Å². The Kier molecular flexibility index (Phi) is 5.09. The smallest absolute Gasteiger partial charge is 0.348 e. The van der Waals surface area contributed by atoms with Crippen molar-refractivity contribution >= 4 is 46.2 Å². The highest BCUT2D eigenvalue weighted by Crippen LogP contribution is 2.35. The minimum absolute atomic E-state index is 0.277. The number of anilines is 1. The molecule has 0 bridgehead atoms. The van der Waals surface area contributed by atoms with E-state index in [1.165, 1.54) is 11.3 Å². The van der Waals surface area contributed by atoms with Gasteiger partial charge in [-0.05, 0) is 29.3 Å². The first-order valence-electron chi connectivity index (χ1n) is 7.15. The Bertz CT molecular complexity index is 878. The van der Waals surface area contributed by atoms with Crippen LogP contribution in [0, 0.1) is 0 Å². The molecule has 24 heavy (non-hydrogen) atoms. The molecule has 0 saturated heterocycles. The van der Waals surface area contributed by atoms with Crippen molar-refractivity contribution in [2.24, 2.45) is 0 Å². The zero-order valence-electron chi connectivity index (χ0n) is 12.4. The molecule has 1 aromatic heterocycles. The van der Waals surface area contributed by atoms with Gasteiger partial charge in [-0.3, -0.25) is 0 Å². The normalized spacial score (nSPS) is 10.6. The molecule has 2 N–H and O–H groups in total. The molecule has 0 fully saturated rings. The summed E-state index contributed by atoms with van der Waals surface area (Å²) in [6.07, 6.45) is 0. The van der Waals surface area contributed by atoms with Gasteiger partial charge in [0, 0.05) is 21.5 Å². The summed E-state index contributed by atoms with van der Waals surface area (Å²) in [6.45, 7) is 0.418. The summed E-state index contributed by atoms with van der Waals surface area (Å²) in [4.78, 5) is 12.7. The fourth-order valence-electron chi connectivity index (χ4n) is 2.28. The van der Waals surface area contributed by atoms with Gasteiger partial charge in [0.25, 0.3) is 0 Å². The van der Waals surface area contributed by atoms with E-state index in [2.05, 4.69) is 5.32 Å². The lowest BCUT2D eigenvalue weighted by atomic mass is 10.2. The van der Waals surface area contributed by atoms with Crippen molar-refractivity contribution in [3.8, 4) is 10.4 Å². The standard InChI is InChI=1S/C18H13Cl2NO2S/c19-13-7-6-12(14(20)8-13)10-21-15-9-16(24-17(15)18(22)23)11-4-2-1-3-5-11/h1-9,21H,10H2,(H,22,23). The second-order valence-corrected chi connectivity index (χ2v) is 7.01. The van der Waals surface area contributed by atoms with Crippen LogP contribution in [0.25, 0.3) is 10.4 Å². The Hall–Kier alpha value is -2.01. The summed E-state index contributed by atoms with van der Waals surface area (Å²) in [5.74, 6) is -0.952. The topological polar surface area (TPSA) is 49.3 Å². The summed E-state index contributed by atoms with van der Waals surface area (Å²) >= 11 is 13.3. The first kappa shape index (κ1) is 16.8. The second-order valence-electron chi connectivity index (χ2n) is 5.11. The van der Waals surface area contributed by atoms with Gasteiger partial charge >= 0.3 is 5.97 Å². The van der Waals surface area contributed by atoms with Gasteiger partial charge in [0.05, 0.1) is 5.69 Å². The van der Waals surface area contributed by atoms with E-state index < -0.39 is 5.97 Å². The van der Waals surface area contributed by atoms with Crippen LogP contribution in [-0.4, -0.2) is 11.1 Å². The van der Waals surface area contributed by atoms with Gasteiger partial charge in [-0.1, -0.05) is 59.6 Å². The van der Waals surface area contributed by atoms with Crippen molar-refractivity contribution in [3.05, 3.63) is 75.1 Å². The zero-order valence-corrected chi connectivity index (χ0v) is 14.8. The Morgan fingerprint density at radius 2 is 1.83 bits per heavy atom. The van der Waals surface area contributed by atoms with Crippen LogP contribution < -0.4 is 5.32 Å². The van der Waals surface area contributed by atoms with Gasteiger partial charge in [0.2, 0.25) is 0 Å². The van der Waals surface area contributed by atoms with Crippen LogP contribution in [0.1, 0.15) is 15.2 Å². The quantitative estimate of drug-likeness (QED) is 0.570. The third-order valence-corrected chi connectivity index (χ3v) is 5.23. The van der Waals surface area contributed by atoms with Crippen LogP contribution in [-0.2, 0) is 6.54 Å². The number of carboxylic acids is 1. The zero-order chi connectivity index (χ0) is 17.1. The summed E-state index contributed by atoms with van der Waals surface area (Å²) in [5.41, 5.74) is 2.42. The van der Waals surface area contributed by atoms with E-state index in [4.69, 9.17) is 23.2 Å². The van der Waals surface area contributed by atoms with Crippen LogP contribution in [0.5, 0.6) is 0 Å². The maximum atomic E-state index is 11.5. The molecular formula is C18H13Cl2NO2S. The van der Waals surface area contributed by atoms with Crippen molar-refractivity contribution in [2.45, 2.75) is 6.54 Å². The molecular weight excluding hydrogens is 365 g/mol.